The number of amides is 1. The van der Waals surface area contributed by atoms with E-state index in [-0.39, 0.29) is 11.9 Å². The molecule has 1 fully saturated rings. The van der Waals surface area contributed by atoms with Gasteiger partial charge in [-0.2, -0.15) is 4.98 Å². The van der Waals surface area contributed by atoms with E-state index in [4.69, 9.17) is 4.98 Å². The molecule has 1 amide bonds. The molecule has 4 rings (SSSR count). The SMILES string of the molecule is CC[C@@H]1C(=O)Nc2cnc(-n3ccnc3Br)nc2N1C1CCCC1. The van der Waals surface area contributed by atoms with Crippen molar-refractivity contribution in [2.24, 2.45) is 0 Å². The highest BCUT2D eigenvalue weighted by Gasteiger charge is 2.38. The van der Waals surface area contributed by atoms with E-state index in [2.05, 4.69) is 36.1 Å². The van der Waals surface area contributed by atoms with E-state index in [1.165, 1.54) is 12.8 Å². The Balaban J connectivity index is 1.81. The van der Waals surface area contributed by atoms with Gasteiger partial charge in [0.15, 0.2) is 10.6 Å². The standard InChI is InChI=1S/C16H19BrN6O/c1-2-12-14(24)20-11-9-19-16(22-8-7-18-15(22)17)21-13(11)23(12)10-5-3-4-6-10/h7-10,12H,2-6H2,1H3,(H,20,24)/t12-/m1/s1. The van der Waals surface area contributed by atoms with Gasteiger partial charge in [-0.25, -0.2) is 9.97 Å². The number of aromatic nitrogens is 4. The highest BCUT2D eigenvalue weighted by molar-refractivity contribution is 9.10. The van der Waals surface area contributed by atoms with Gasteiger partial charge in [0.25, 0.3) is 0 Å². The van der Waals surface area contributed by atoms with Gasteiger partial charge in [-0.05, 0) is 35.2 Å². The first-order chi connectivity index (χ1) is 11.7. The zero-order valence-electron chi connectivity index (χ0n) is 13.4. The molecule has 126 valence electrons. The highest BCUT2D eigenvalue weighted by Crippen LogP contribution is 2.37. The summed E-state index contributed by atoms with van der Waals surface area (Å²) in [6.45, 7) is 2.05. The molecule has 2 aromatic heterocycles. The minimum absolute atomic E-state index is 0.0389. The molecule has 1 saturated carbocycles. The first-order valence-electron chi connectivity index (χ1n) is 8.34. The minimum Gasteiger partial charge on any atom is -0.340 e. The lowest BCUT2D eigenvalue weighted by Gasteiger charge is -2.40. The van der Waals surface area contributed by atoms with Crippen LogP contribution in [-0.4, -0.2) is 37.5 Å². The number of anilines is 2. The molecule has 1 aliphatic heterocycles. The van der Waals surface area contributed by atoms with Crippen LogP contribution in [-0.2, 0) is 4.79 Å². The van der Waals surface area contributed by atoms with E-state index < -0.39 is 0 Å². The van der Waals surface area contributed by atoms with Crippen molar-refractivity contribution in [2.75, 3.05) is 10.2 Å². The Labute approximate surface area is 148 Å². The van der Waals surface area contributed by atoms with E-state index in [0.29, 0.717) is 22.4 Å². The van der Waals surface area contributed by atoms with Gasteiger partial charge in [0, 0.05) is 18.4 Å². The monoisotopic (exact) mass is 390 g/mol. The number of hydrogen-bond donors (Lipinski definition) is 1. The summed E-state index contributed by atoms with van der Waals surface area (Å²) in [5.74, 6) is 1.41. The largest absolute Gasteiger partial charge is 0.340 e. The summed E-state index contributed by atoms with van der Waals surface area (Å²) in [6, 6.07) is 0.198. The summed E-state index contributed by atoms with van der Waals surface area (Å²) in [5.41, 5.74) is 0.691. The molecule has 24 heavy (non-hydrogen) atoms. The molecule has 8 heteroatoms. The summed E-state index contributed by atoms with van der Waals surface area (Å²) in [7, 11) is 0. The number of fused-ring (bicyclic) bond motifs is 1. The van der Waals surface area contributed by atoms with Crippen LogP contribution in [0.5, 0.6) is 0 Å². The first-order valence-corrected chi connectivity index (χ1v) is 9.13. The number of nitrogens with zero attached hydrogens (tertiary/aromatic N) is 5. The molecule has 7 nitrogen and oxygen atoms in total. The molecule has 1 N–H and O–H groups in total. The van der Waals surface area contributed by atoms with Gasteiger partial charge in [0.05, 0.1) is 6.20 Å². The lowest BCUT2D eigenvalue weighted by Crippen LogP contribution is -2.52. The molecule has 0 radical (unpaired) electrons. The van der Waals surface area contributed by atoms with Crippen LogP contribution in [0.25, 0.3) is 5.95 Å². The van der Waals surface area contributed by atoms with Crippen LogP contribution >= 0.6 is 15.9 Å². The predicted octanol–water partition coefficient (Wildman–Crippen LogP) is 2.90. The molecule has 0 bridgehead atoms. The van der Waals surface area contributed by atoms with Crippen molar-refractivity contribution in [1.82, 2.24) is 19.5 Å². The fraction of sp³-hybridized carbons (Fsp3) is 0.500. The molecule has 0 aromatic carbocycles. The van der Waals surface area contributed by atoms with E-state index >= 15 is 0 Å². The second kappa shape index (κ2) is 6.16. The Morgan fingerprint density at radius 3 is 2.79 bits per heavy atom. The van der Waals surface area contributed by atoms with Crippen molar-refractivity contribution in [1.29, 1.82) is 0 Å². The van der Waals surface area contributed by atoms with Crippen molar-refractivity contribution in [3.63, 3.8) is 0 Å². The van der Waals surface area contributed by atoms with E-state index in [1.54, 1.807) is 17.0 Å². The number of nitrogens with one attached hydrogen (secondary N) is 1. The third-order valence-electron chi connectivity index (χ3n) is 4.81. The maximum atomic E-state index is 12.5. The molecule has 0 unspecified atom stereocenters. The molecule has 2 aliphatic rings. The van der Waals surface area contributed by atoms with Gasteiger partial charge in [0.2, 0.25) is 11.9 Å². The first kappa shape index (κ1) is 15.6. The summed E-state index contributed by atoms with van der Waals surface area (Å²) >= 11 is 3.40. The third-order valence-corrected chi connectivity index (χ3v) is 5.40. The van der Waals surface area contributed by atoms with Crippen molar-refractivity contribution in [3.8, 4) is 5.95 Å². The second-order valence-corrected chi connectivity index (χ2v) is 6.94. The van der Waals surface area contributed by atoms with Crippen LogP contribution in [0.1, 0.15) is 39.0 Å². The quantitative estimate of drug-likeness (QED) is 0.871. The predicted molar refractivity (Wildman–Crippen MR) is 94.3 cm³/mol. The second-order valence-electron chi connectivity index (χ2n) is 6.23. The number of halogens is 1. The van der Waals surface area contributed by atoms with Crippen LogP contribution < -0.4 is 10.2 Å². The van der Waals surface area contributed by atoms with E-state index in [1.807, 2.05) is 13.1 Å². The Bertz CT molecular complexity index is 770. The van der Waals surface area contributed by atoms with Crippen LogP contribution in [0.15, 0.2) is 23.3 Å². The number of hydrogen-bond acceptors (Lipinski definition) is 5. The molecule has 2 aromatic rings. The fourth-order valence-electron chi connectivity index (χ4n) is 3.68. The molecule has 1 aliphatic carbocycles. The molecule has 0 spiro atoms. The smallest absolute Gasteiger partial charge is 0.247 e. The van der Waals surface area contributed by atoms with Crippen molar-refractivity contribution in [2.45, 2.75) is 51.1 Å². The Kier molecular flexibility index (Phi) is 3.99. The Morgan fingerprint density at radius 1 is 1.33 bits per heavy atom. The van der Waals surface area contributed by atoms with Crippen molar-refractivity contribution >= 4 is 33.3 Å². The van der Waals surface area contributed by atoms with E-state index in [9.17, 15) is 4.79 Å². The third kappa shape index (κ3) is 2.49. The average molecular weight is 391 g/mol. The normalized spacial score (nSPS) is 21.0. The topological polar surface area (TPSA) is 75.9 Å². The van der Waals surface area contributed by atoms with Crippen LogP contribution in [0.4, 0.5) is 11.5 Å². The van der Waals surface area contributed by atoms with Gasteiger partial charge in [-0.1, -0.05) is 19.8 Å². The maximum absolute atomic E-state index is 12.5. The zero-order valence-corrected chi connectivity index (χ0v) is 15.0. The molecular formula is C16H19BrN6O. The summed E-state index contributed by atoms with van der Waals surface area (Å²) in [4.78, 5) is 28.0. The van der Waals surface area contributed by atoms with Crippen LogP contribution in [0, 0.1) is 0 Å². The fourth-order valence-corrected chi connectivity index (χ4v) is 4.08. The Morgan fingerprint density at radius 2 is 2.12 bits per heavy atom. The summed E-state index contributed by atoms with van der Waals surface area (Å²) < 4.78 is 2.44. The van der Waals surface area contributed by atoms with Gasteiger partial charge in [-0.15, -0.1) is 0 Å². The molecule has 1 atom stereocenters. The molecular weight excluding hydrogens is 372 g/mol. The maximum Gasteiger partial charge on any atom is 0.247 e. The number of imidazole rings is 1. The van der Waals surface area contributed by atoms with Crippen LogP contribution in [0.3, 0.4) is 0 Å². The lowest BCUT2D eigenvalue weighted by molar-refractivity contribution is -0.117. The van der Waals surface area contributed by atoms with E-state index in [0.717, 1.165) is 25.1 Å². The average Bonchev–Trinajstić information content (AvgIpc) is 3.24. The van der Waals surface area contributed by atoms with Crippen molar-refractivity contribution < 1.29 is 4.79 Å². The molecule has 0 saturated heterocycles. The van der Waals surface area contributed by atoms with Crippen LogP contribution in [0.2, 0.25) is 0 Å². The summed E-state index contributed by atoms with van der Waals surface area (Å²) in [6.07, 6.45) is 10.6. The number of rotatable bonds is 3. The van der Waals surface area contributed by atoms with Gasteiger partial charge in [-0.3, -0.25) is 9.36 Å². The summed E-state index contributed by atoms with van der Waals surface area (Å²) in [5, 5.41) is 2.96. The highest BCUT2D eigenvalue weighted by atomic mass is 79.9. The van der Waals surface area contributed by atoms with Crippen molar-refractivity contribution in [3.05, 3.63) is 23.3 Å². The number of carbonyl (C=O) groups excluding carboxylic acids is 1. The minimum atomic E-state index is -0.172. The Hall–Kier alpha value is -1.96. The van der Waals surface area contributed by atoms with Gasteiger partial charge in [0.1, 0.15) is 11.7 Å². The lowest BCUT2D eigenvalue weighted by atomic mass is 10.0. The molecule has 3 heterocycles. The van der Waals surface area contributed by atoms with Gasteiger partial charge < -0.3 is 10.2 Å². The zero-order chi connectivity index (χ0) is 16.7. The number of carbonyl (C=O) groups is 1. The van der Waals surface area contributed by atoms with Gasteiger partial charge >= 0.3 is 0 Å².